The zero-order chi connectivity index (χ0) is 10.8. The van der Waals surface area contributed by atoms with E-state index in [0.717, 1.165) is 11.3 Å². The summed E-state index contributed by atoms with van der Waals surface area (Å²) < 4.78 is 23.0. The highest BCUT2D eigenvalue weighted by Gasteiger charge is 2.16. The number of aromatic nitrogens is 2. The number of hydrogen-bond acceptors (Lipinski definition) is 6. The Morgan fingerprint density at radius 3 is 2.50 bits per heavy atom. The molecule has 0 aliphatic rings. The predicted octanol–water partition coefficient (Wildman–Crippen LogP) is 0.691. The fourth-order valence-corrected chi connectivity index (χ4v) is 3.83. The molecule has 1 aromatic heterocycles. The molecule has 0 bridgehead atoms. The summed E-state index contributed by atoms with van der Waals surface area (Å²) in [5, 5.41) is 8.00. The highest BCUT2D eigenvalue weighted by atomic mass is 32.2. The predicted molar refractivity (Wildman–Crippen MR) is 56.7 cm³/mol. The zero-order valence-electron chi connectivity index (χ0n) is 8.10. The number of rotatable bonds is 4. The molecular formula is C7H13N3O2S2. The Bertz CT molecular complexity index is 397. The first-order chi connectivity index (χ1) is 6.39. The van der Waals surface area contributed by atoms with Gasteiger partial charge in [-0.05, 0) is 5.92 Å². The fraction of sp³-hybridized carbons (Fsp3) is 0.714. The van der Waals surface area contributed by atoms with Gasteiger partial charge in [-0.3, -0.25) is 0 Å². The van der Waals surface area contributed by atoms with Crippen LogP contribution in [0.15, 0.2) is 0 Å². The van der Waals surface area contributed by atoms with Gasteiger partial charge in [-0.2, -0.15) is 0 Å². The van der Waals surface area contributed by atoms with Crippen LogP contribution in [0.2, 0.25) is 0 Å². The number of nitrogen functional groups attached to an aromatic ring is 1. The normalized spacial score (nSPS) is 12.2. The van der Waals surface area contributed by atoms with Crippen LogP contribution in [0.5, 0.6) is 0 Å². The monoisotopic (exact) mass is 235 g/mol. The molecule has 0 radical (unpaired) electrons. The van der Waals surface area contributed by atoms with Gasteiger partial charge in [-0.1, -0.05) is 25.2 Å². The van der Waals surface area contributed by atoms with E-state index in [4.69, 9.17) is 5.73 Å². The smallest absolute Gasteiger partial charge is 0.203 e. The summed E-state index contributed by atoms with van der Waals surface area (Å²) >= 11 is 1.12. The summed E-state index contributed by atoms with van der Waals surface area (Å²) in [6, 6.07) is 0. The lowest BCUT2D eigenvalue weighted by Crippen LogP contribution is -2.13. The molecule has 0 saturated carbocycles. The summed E-state index contributed by atoms with van der Waals surface area (Å²) in [7, 11) is -3.07. The molecule has 0 saturated heterocycles. The van der Waals surface area contributed by atoms with E-state index in [2.05, 4.69) is 10.2 Å². The third kappa shape index (κ3) is 3.59. The van der Waals surface area contributed by atoms with E-state index in [1.807, 2.05) is 13.8 Å². The van der Waals surface area contributed by atoms with Crippen molar-refractivity contribution in [3.8, 4) is 0 Å². The van der Waals surface area contributed by atoms with E-state index in [1.54, 1.807) is 0 Å². The third-order valence-electron chi connectivity index (χ3n) is 1.41. The first kappa shape index (κ1) is 11.4. The molecule has 5 nitrogen and oxygen atoms in total. The Morgan fingerprint density at radius 1 is 1.43 bits per heavy atom. The van der Waals surface area contributed by atoms with Crippen molar-refractivity contribution < 1.29 is 8.42 Å². The molecule has 7 heteroatoms. The van der Waals surface area contributed by atoms with Gasteiger partial charge < -0.3 is 5.73 Å². The Labute approximate surface area is 87.3 Å². The lowest BCUT2D eigenvalue weighted by atomic mass is 10.3. The van der Waals surface area contributed by atoms with Gasteiger partial charge in [0.25, 0.3) is 0 Å². The van der Waals surface area contributed by atoms with Crippen LogP contribution in [-0.4, -0.2) is 24.4 Å². The Balaban J connectivity index is 2.69. The second-order valence-electron chi connectivity index (χ2n) is 3.48. The maximum absolute atomic E-state index is 11.5. The second-order valence-corrected chi connectivity index (χ2v) is 6.69. The maximum atomic E-state index is 11.5. The molecule has 0 atom stereocenters. The molecule has 0 spiro atoms. The molecule has 80 valence electrons. The number of nitrogens with zero attached hydrogens (tertiary/aromatic N) is 2. The van der Waals surface area contributed by atoms with Crippen molar-refractivity contribution >= 4 is 26.3 Å². The number of nitrogens with two attached hydrogens (primary N) is 1. The minimum Gasteiger partial charge on any atom is -0.374 e. The Morgan fingerprint density at radius 2 is 2.07 bits per heavy atom. The van der Waals surface area contributed by atoms with Gasteiger partial charge in [0.2, 0.25) is 5.13 Å². The van der Waals surface area contributed by atoms with Gasteiger partial charge in [0.1, 0.15) is 10.8 Å². The molecule has 1 aromatic rings. The lowest BCUT2D eigenvalue weighted by molar-refractivity contribution is 0.581. The molecule has 0 aliphatic carbocycles. The second kappa shape index (κ2) is 4.22. The van der Waals surface area contributed by atoms with Crippen molar-refractivity contribution in [3.63, 3.8) is 0 Å². The molecule has 0 aliphatic heterocycles. The van der Waals surface area contributed by atoms with Crippen LogP contribution in [0.25, 0.3) is 0 Å². The van der Waals surface area contributed by atoms with Gasteiger partial charge in [-0.15, -0.1) is 10.2 Å². The van der Waals surface area contributed by atoms with Crippen molar-refractivity contribution in [2.45, 2.75) is 19.6 Å². The quantitative estimate of drug-likeness (QED) is 0.829. The molecule has 14 heavy (non-hydrogen) atoms. The van der Waals surface area contributed by atoms with Crippen LogP contribution in [0, 0.1) is 5.92 Å². The van der Waals surface area contributed by atoms with Crippen molar-refractivity contribution in [3.05, 3.63) is 5.01 Å². The van der Waals surface area contributed by atoms with Gasteiger partial charge in [0.05, 0.1) is 5.75 Å². The van der Waals surface area contributed by atoms with Crippen LogP contribution in [0.3, 0.4) is 0 Å². The van der Waals surface area contributed by atoms with Crippen molar-refractivity contribution in [1.82, 2.24) is 10.2 Å². The minimum atomic E-state index is -3.07. The summed E-state index contributed by atoms with van der Waals surface area (Å²) in [6.45, 7) is 3.73. The van der Waals surface area contributed by atoms with Crippen LogP contribution in [0.1, 0.15) is 18.9 Å². The van der Waals surface area contributed by atoms with Crippen LogP contribution < -0.4 is 5.73 Å². The summed E-state index contributed by atoms with van der Waals surface area (Å²) in [5.41, 5.74) is 5.35. The number of hydrogen-bond donors (Lipinski definition) is 1. The van der Waals surface area contributed by atoms with Crippen molar-refractivity contribution in [2.75, 3.05) is 11.5 Å². The van der Waals surface area contributed by atoms with E-state index in [-0.39, 0.29) is 17.4 Å². The Hall–Kier alpha value is -0.690. The average Bonchev–Trinajstić information content (AvgIpc) is 2.30. The van der Waals surface area contributed by atoms with Gasteiger partial charge in [-0.25, -0.2) is 8.42 Å². The standard InChI is InChI=1S/C7H13N3O2S2/c1-5(2)3-14(11,12)4-6-9-10-7(8)13-6/h5H,3-4H2,1-2H3,(H2,8,10). The van der Waals surface area contributed by atoms with Crippen molar-refractivity contribution in [1.29, 1.82) is 0 Å². The highest BCUT2D eigenvalue weighted by molar-refractivity contribution is 7.90. The number of anilines is 1. The molecule has 0 amide bonds. The average molecular weight is 235 g/mol. The van der Waals surface area contributed by atoms with E-state index in [9.17, 15) is 8.42 Å². The van der Waals surface area contributed by atoms with Gasteiger partial charge in [0, 0.05) is 0 Å². The van der Waals surface area contributed by atoms with Crippen LogP contribution in [0.4, 0.5) is 5.13 Å². The largest absolute Gasteiger partial charge is 0.374 e. The molecule has 1 heterocycles. The molecule has 0 aromatic carbocycles. The summed E-state index contributed by atoms with van der Waals surface area (Å²) in [5.74, 6) is 0.247. The van der Waals surface area contributed by atoms with Crippen molar-refractivity contribution in [2.24, 2.45) is 5.92 Å². The first-order valence-electron chi connectivity index (χ1n) is 4.17. The highest BCUT2D eigenvalue weighted by Crippen LogP contribution is 2.15. The first-order valence-corrected chi connectivity index (χ1v) is 6.81. The molecule has 2 N–H and O–H groups in total. The minimum absolute atomic E-state index is 0.0555. The molecule has 0 unspecified atom stereocenters. The topological polar surface area (TPSA) is 85.9 Å². The Kier molecular flexibility index (Phi) is 3.43. The third-order valence-corrected chi connectivity index (χ3v) is 4.24. The number of sulfone groups is 1. The fourth-order valence-electron chi connectivity index (χ4n) is 1.08. The van der Waals surface area contributed by atoms with E-state index in [0.29, 0.717) is 10.1 Å². The van der Waals surface area contributed by atoms with E-state index in [1.165, 1.54) is 0 Å². The molecular weight excluding hydrogens is 222 g/mol. The van der Waals surface area contributed by atoms with Gasteiger partial charge >= 0.3 is 0 Å². The SMILES string of the molecule is CC(C)CS(=O)(=O)Cc1nnc(N)s1. The molecule has 1 rings (SSSR count). The van der Waals surface area contributed by atoms with Crippen LogP contribution in [-0.2, 0) is 15.6 Å². The summed E-state index contributed by atoms with van der Waals surface area (Å²) in [6.07, 6.45) is 0. The zero-order valence-corrected chi connectivity index (χ0v) is 9.73. The van der Waals surface area contributed by atoms with E-state index < -0.39 is 9.84 Å². The maximum Gasteiger partial charge on any atom is 0.203 e. The lowest BCUT2D eigenvalue weighted by Gasteiger charge is -2.03. The van der Waals surface area contributed by atoms with Crippen LogP contribution >= 0.6 is 11.3 Å². The van der Waals surface area contributed by atoms with Gasteiger partial charge in [0.15, 0.2) is 9.84 Å². The van der Waals surface area contributed by atoms with E-state index >= 15 is 0 Å². The summed E-state index contributed by atoms with van der Waals surface area (Å²) in [4.78, 5) is 0. The molecule has 0 fully saturated rings.